The van der Waals surface area contributed by atoms with Crippen molar-refractivity contribution in [2.24, 2.45) is 0 Å². The van der Waals surface area contributed by atoms with Gasteiger partial charge in [-0.15, -0.1) is 0 Å². The van der Waals surface area contributed by atoms with Gasteiger partial charge in [-0.2, -0.15) is 0 Å². The SMILES string of the molecule is COc1ccc(CCNC(=O)NC(CC(C)=O)C(=O)O)cc1. The van der Waals surface area contributed by atoms with Crippen molar-refractivity contribution in [3.05, 3.63) is 29.8 Å². The lowest BCUT2D eigenvalue weighted by molar-refractivity contribution is -0.140. The Kier molecular flexibility index (Phi) is 6.88. The van der Waals surface area contributed by atoms with Crippen molar-refractivity contribution in [3.63, 3.8) is 0 Å². The Bertz CT molecular complexity index is 527. The van der Waals surface area contributed by atoms with Crippen molar-refractivity contribution < 1.29 is 24.2 Å². The van der Waals surface area contributed by atoms with Crippen LogP contribution in [0, 0.1) is 0 Å². The van der Waals surface area contributed by atoms with Crippen molar-refractivity contribution in [1.29, 1.82) is 0 Å². The van der Waals surface area contributed by atoms with Gasteiger partial charge < -0.3 is 20.5 Å². The maximum Gasteiger partial charge on any atom is 0.326 e. The van der Waals surface area contributed by atoms with Crippen LogP contribution in [0.15, 0.2) is 24.3 Å². The molecule has 0 aliphatic carbocycles. The largest absolute Gasteiger partial charge is 0.497 e. The molecule has 7 heteroatoms. The van der Waals surface area contributed by atoms with Gasteiger partial charge in [0, 0.05) is 13.0 Å². The second kappa shape index (κ2) is 8.66. The number of carboxylic acid groups (broad SMARTS) is 1. The normalized spacial score (nSPS) is 11.4. The fourth-order valence-electron chi connectivity index (χ4n) is 1.81. The summed E-state index contributed by atoms with van der Waals surface area (Å²) in [6.07, 6.45) is 0.364. The van der Waals surface area contributed by atoms with E-state index in [1.165, 1.54) is 6.92 Å². The van der Waals surface area contributed by atoms with Gasteiger partial charge in [-0.1, -0.05) is 12.1 Å². The molecule has 22 heavy (non-hydrogen) atoms. The van der Waals surface area contributed by atoms with E-state index in [4.69, 9.17) is 9.84 Å². The molecule has 2 amide bonds. The number of aliphatic carboxylic acids is 1. The average Bonchev–Trinajstić information content (AvgIpc) is 2.46. The average molecular weight is 308 g/mol. The molecule has 0 saturated heterocycles. The number of rotatable bonds is 8. The Labute approximate surface area is 128 Å². The van der Waals surface area contributed by atoms with Crippen molar-refractivity contribution >= 4 is 17.8 Å². The van der Waals surface area contributed by atoms with Crippen molar-refractivity contribution in [2.75, 3.05) is 13.7 Å². The van der Waals surface area contributed by atoms with Crippen LogP contribution in [0.1, 0.15) is 18.9 Å². The fraction of sp³-hybridized carbons (Fsp3) is 0.400. The van der Waals surface area contributed by atoms with E-state index in [9.17, 15) is 14.4 Å². The van der Waals surface area contributed by atoms with E-state index in [1.54, 1.807) is 7.11 Å². The Morgan fingerprint density at radius 3 is 2.36 bits per heavy atom. The third-order valence-electron chi connectivity index (χ3n) is 2.95. The minimum Gasteiger partial charge on any atom is -0.497 e. The Morgan fingerprint density at radius 1 is 1.23 bits per heavy atom. The highest BCUT2D eigenvalue weighted by Crippen LogP contribution is 2.11. The van der Waals surface area contributed by atoms with E-state index in [-0.39, 0.29) is 12.2 Å². The summed E-state index contributed by atoms with van der Waals surface area (Å²) in [6.45, 7) is 1.63. The molecule has 1 aromatic carbocycles. The number of carbonyl (C=O) groups is 3. The summed E-state index contributed by atoms with van der Waals surface area (Å²) in [7, 11) is 1.58. The maximum atomic E-state index is 11.6. The van der Waals surface area contributed by atoms with Crippen molar-refractivity contribution in [1.82, 2.24) is 10.6 Å². The number of ether oxygens (including phenoxy) is 1. The Balaban J connectivity index is 2.38. The van der Waals surface area contributed by atoms with Crippen LogP contribution in [0.4, 0.5) is 4.79 Å². The molecule has 0 aromatic heterocycles. The predicted molar refractivity (Wildman–Crippen MR) is 80.0 cm³/mol. The van der Waals surface area contributed by atoms with Crippen LogP contribution in [-0.2, 0) is 16.0 Å². The first-order chi connectivity index (χ1) is 10.4. The third kappa shape index (κ3) is 6.25. The first-order valence-electron chi connectivity index (χ1n) is 6.82. The number of amides is 2. The second-order valence-corrected chi connectivity index (χ2v) is 4.80. The minimum absolute atomic E-state index is 0.235. The first kappa shape index (κ1) is 17.5. The zero-order valence-electron chi connectivity index (χ0n) is 12.6. The summed E-state index contributed by atoms with van der Waals surface area (Å²) in [5.74, 6) is -0.783. The molecule has 7 nitrogen and oxygen atoms in total. The van der Waals surface area contributed by atoms with E-state index < -0.39 is 18.0 Å². The van der Waals surface area contributed by atoms with Gasteiger partial charge >= 0.3 is 12.0 Å². The van der Waals surface area contributed by atoms with E-state index in [1.807, 2.05) is 24.3 Å². The first-order valence-corrected chi connectivity index (χ1v) is 6.82. The van der Waals surface area contributed by atoms with Crippen molar-refractivity contribution in [2.45, 2.75) is 25.8 Å². The smallest absolute Gasteiger partial charge is 0.326 e. The van der Waals surface area contributed by atoms with Crippen LogP contribution in [-0.4, -0.2) is 42.6 Å². The van der Waals surface area contributed by atoms with Crippen LogP contribution in [0.25, 0.3) is 0 Å². The standard InChI is InChI=1S/C15H20N2O5/c1-10(18)9-13(14(19)20)17-15(21)16-8-7-11-3-5-12(22-2)6-4-11/h3-6,13H,7-9H2,1-2H3,(H,19,20)(H2,16,17,21). The summed E-state index contributed by atoms with van der Waals surface area (Å²) in [4.78, 5) is 33.5. The highest BCUT2D eigenvalue weighted by Gasteiger charge is 2.21. The molecule has 0 fully saturated rings. The molecule has 0 aliphatic rings. The zero-order chi connectivity index (χ0) is 16.5. The Hall–Kier alpha value is -2.57. The van der Waals surface area contributed by atoms with Crippen LogP contribution in [0.3, 0.4) is 0 Å². The quantitative estimate of drug-likeness (QED) is 0.663. The summed E-state index contributed by atoms with van der Waals surface area (Å²) in [5.41, 5.74) is 1.01. The third-order valence-corrected chi connectivity index (χ3v) is 2.95. The number of hydrogen-bond donors (Lipinski definition) is 3. The summed E-state index contributed by atoms with van der Waals surface area (Å²) in [6, 6.07) is 5.59. The molecular formula is C15H20N2O5. The number of nitrogens with one attached hydrogen (secondary N) is 2. The fourth-order valence-corrected chi connectivity index (χ4v) is 1.81. The van der Waals surface area contributed by atoms with Gasteiger partial charge in [-0.05, 0) is 31.0 Å². The lowest BCUT2D eigenvalue weighted by atomic mass is 10.1. The summed E-state index contributed by atoms with van der Waals surface area (Å²) < 4.78 is 5.05. The highest BCUT2D eigenvalue weighted by molar-refractivity contribution is 5.88. The van der Waals surface area contributed by atoms with Gasteiger partial charge in [-0.25, -0.2) is 9.59 Å². The molecule has 0 bridgehead atoms. The monoisotopic (exact) mass is 308 g/mol. The van der Waals surface area contributed by atoms with E-state index in [2.05, 4.69) is 10.6 Å². The molecule has 3 N–H and O–H groups in total. The van der Waals surface area contributed by atoms with Crippen LogP contribution < -0.4 is 15.4 Å². The molecule has 0 radical (unpaired) electrons. The number of carboxylic acids is 1. The summed E-state index contributed by atoms with van der Waals surface area (Å²) in [5, 5.41) is 13.7. The summed E-state index contributed by atoms with van der Waals surface area (Å²) >= 11 is 0. The number of ketones is 1. The van der Waals surface area contributed by atoms with Gasteiger partial charge in [0.15, 0.2) is 0 Å². The van der Waals surface area contributed by atoms with Crippen molar-refractivity contribution in [3.8, 4) is 5.75 Å². The molecule has 1 rings (SSSR count). The van der Waals surface area contributed by atoms with Gasteiger partial charge in [0.1, 0.15) is 17.6 Å². The second-order valence-electron chi connectivity index (χ2n) is 4.80. The van der Waals surface area contributed by atoms with Crippen LogP contribution in [0.5, 0.6) is 5.75 Å². The molecule has 0 saturated carbocycles. The number of carbonyl (C=O) groups excluding carboxylic acids is 2. The minimum atomic E-state index is -1.24. The molecular weight excluding hydrogens is 288 g/mol. The zero-order valence-corrected chi connectivity index (χ0v) is 12.6. The lowest BCUT2D eigenvalue weighted by Crippen LogP contribution is -2.47. The number of hydrogen-bond acceptors (Lipinski definition) is 4. The Morgan fingerprint density at radius 2 is 1.86 bits per heavy atom. The molecule has 0 aliphatic heterocycles. The molecule has 0 spiro atoms. The topological polar surface area (TPSA) is 105 Å². The van der Waals surface area contributed by atoms with E-state index >= 15 is 0 Å². The van der Waals surface area contributed by atoms with E-state index in [0.29, 0.717) is 13.0 Å². The lowest BCUT2D eigenvalue weighted by Gasteiger charge is -2.13. The molecule has 0 heterocycles. The molecule has 1 aromatic rings. The van der Waals surface area contributed by atoms with E-state index in [0.717, 1.165) is 11.3 Å². The van der Waals surface area contributed by atoms with Gasteiger partial charge in [0.05, 0.1) is 7.11 Å². The van der Waals surface area contributed by atoms with Gasteiger partial charge in [-0.3, -0.25) is 4.79 Å². The predicted octanol–water partition coefficient (Wildman–Crippen LogP) is 0.969. The van der Waals surface area contributed by atoms with Crippen LogP contribution >= 0.6 is 0 Å². The highest BCUT2D eigenvalue weighted by atomic mass is 16.5. The number of Topliss-reactive ketones (excluding diaryl/α,β-unsaturated/α-hetero) is 1. The number of methoxy groups -OCH3 is 1. The molecule has 1 unspecified atom stereocenters. The maximum absolute atomic E-state index is 11.6. The van der Waals surface area contributed by atoms with Gasteiger partial charge in [0.25, 0.3) is 0 Å². The molecule has 1 atom stereocenters. The number of urea groups is 1. The van der Waals surface area contributed by atoms with Gasteiger partial charge in [0.2, 0.25) is 0 Å². The molecule has 120 valence electrons. The van der Waals surface area contributed by atoms with Crippen LogP contribution in [0.2, 0.25) is 0 Å². The number of benzene rings is 1.